The highest BCUT2D eigenvalue weighted by atomic mass is 32.3. The average Bonchev–Trinajstić information content (AvgIpc) is 2.27. The number of benzene rings is 1. The summed E-state index contributed by atoms with van der Waals surface area (Å²) in [6.07, 6.45) is -0.671. The van der Waals surface area contributed by atoms with Gasteiger partial charge in [0.05, 0.1) is 0 Å². The van der Waals surface area contributed by atoms with Crippen molar-refractivity contribution < 1.29 is 40.9 Å². The second kappa shape index (κ2) is 5.95. The third kappa shape index (κ3) is 4.64. The number of carboxylic acid groups (broad SMARTS) is 1. The van der Waals surface area contributed by atoms with Gasteiger partial charge in [-0.15, -0.1) is 0 Å². The number of nitrogens with zero attached hydrogens (tertiary/aromatic N) is 1. The second-order valence-electron chi connectivity index (χ2n) is 3.91. The van der Waals surface area contributed by atoms with E-state index in [2.05, 4.69) is 0 Å². The monoisotopic (exact) mass is 341 g/mol. The molecule has 1 unspecified atom stereocenters. The zero-order chi connectivity index (χ0) is 16.4. The molecule has 0 aliphatic carbocycles. The lowest BCUT2D eigenvalue weighted by Crippen LogP contribution is -2.49. The van der Waals surface area contributed by atoms with E-state index in [0.717, 1.165) is 0 Å². The first-order valence-electron chi connectivity index (χ1n) is 5.18. The minimum atomic E-state index is -5.53. The van der Waals surface area contributed by atoms with E-state index in [0.29, 0.717) is 0 Å². The van der Waals surface area contributed by atoms with Crippen LogP contribution < -0.4 is 0 Å². The molecule has 1 rings (SSSR count). The normalized spacial score (nSPS) is 14.0. The molecule has 4 N–H and O–H groups in total. The first-order valence-corrected chi connectivity index (χ1v) is 7.97. The van der Waals surface area contributed by atoms with Crippen LogP contribution in [0.1, 0.15) is 5.56 Å². The molecule has 0 radical (unpaired) electrons. The summed E-state index contributed by atoms with van der Waals surface area (Å²) in [6.45, 7) is 0. The minimum absolute atomic E-state index is 0.146. The van der Waals surface area contributed by atoms with E-state index in [1.165, 1.54) is 24.3 Å². The summed E-state index contributed by atoms with van der Waals surface area (Å²) >= 11 is 0. The number of hydrogen-bond acceptors (Lipinski definition) is 6. The van der Waals surface area contributed by atoms with E-state index < -0.39 is 42.8 Å². The Bertz CT molecular complexity index is 691. The topological polar surface area (TPSA) is 170 Å². The van der Waals surface area contributed by atoms with Gasteiger partial charge in [-0.3, -0.25) is 13.9 Å². The zero-order valence-corrected chi connectivity index (χ0v) is 11.8. The van der Waals surface area contributed by atoms with Crippen molar-refractivity contribution in [3.05, 3.63) is 29.8 Å². The summed E-state index contributed by atoms with van der Waals surface area (Å²) in [5, 5.41) is 18.0. The number of phenols is 1. The van der Waals surface area contributed by atoms with Crippen LogP contribution in [0.25, 0.3) is 0 Å². The summed E-state index contributed by atoms with van der Waals surface area (Å²) in [4.78, 5) is 11.1. The van der Waals surface area contributed by atoms with Gasteiger partial charge in [-0.05, 0) is 21.4 Å². The summed E-state index contributed by atoms with van der Waals surface area (Å²) in [5.41, 5.74) is 0.150. The van der Waals surface area contributed by atoms with Gasteiger partial charge in [-0.25, -0.2) is 0 Å². The largest absolute Gasteiger partial charge is 0.508 e. The van der Waals surface area contributed by atoms with Crippen LogP contribution in [-0.4, -0.2) is 51.9 Å². The number of aromatic hydroxyl groups is 1. The van der Waals surface area contributed by atoms with E-state index >= 15 is 0 Å². The van der Waals surface area contributed by atoms with E-state index in [4.69, 9.17) is 19.3 Å². The lowest BCUT2D eigenvalue weighted by molar-refractivity contribution is -0.140. The predicted octanol–water partition coefficient (Wildman–Crippen LogP) is -0.704. The molecule has 0 bridgehead atoms. The van der Waals surface area contributed by atoms with Crippen molar-refractivity contribution in [3.8, 4) is 5.75 Å². The van der Waals surface area contributed by atoms with Crippen LogP contribution in [0.15, 0.2) is 24.3 Å². The highest BCUT2D eigenvalue weighted by Crippen LogP contribution is 2.18. The van der Waals surface area contributed by atoms with Crippen molar-refractivity contribution in [2.45, 2.75) is 12.5 Å². The van der Waals surface area contributed by atoms with Gasteiger partial charge < -0.3 is 10.2 Å². The standard InChI is InChI=1S/C9H11NO9S2/c11-7-3-1-6(2-4-7)5-8(9(12)13)10(20(14,15)16)21(17,18)19/h1-4,8,11H,5H2,(H,12,13)(H,14,15,16)(H,17,18,19). The lowest BCUT2D eigenvalue weighted by atomic mass is 10.1. The van der Waals surface area contributed by atoms with Gasteiger partial charge in [0.1, 0.15) is 11.8 Å². The highest BCUT2D eigenvalue weighted by Gasteiger charge is 2.42. The number of aliphatic carboxylic acids is 1. The molecule has 0 fully saturated rings. The number of carbonyl (C=O) groups is 1. The molecule has 0 aliphatic rings. The van der Waals surface area contributed by atoms with E-state index in [1.54, 1.807) is 0 Å². The molecule has 0 aromatic heterocycles. The molecule has 1 atom stereocenters. The third-order valence-electron chi connectivity index (χ3n) is 2.36. The Labute approximate surface area is 120 Å². The molecular weight excluding hydrogens is 330 g/mol. The lowest BCUT2D eigenvalue weighted by Gasteiger charge is -2.21. The summed E-state index contributed by atoms with van der Waals surface area (Å²) in [6, 6.07) is 2.48. The molecule has 0 spiro atoms. The Morgan fingerprint density at radius 2 is 1.48 bits per heavy atom. The molecule has 10 nitrogen and oxygen atoms in total. The molecule has 0 aliphatic heterocycles. The van der Waals surface area contributed by atoms with E-state index in [9.17, 15) is 21.6 Å². The van der Waals surface area contributed by atoms with Gasteiger partial charge in [0.2, 0.25) is 0 Å². The molecule has 118 valence electrons. The molecule has 12 heteroatoms. The number of hydrogen-bond donors (Lipinski definition) is 4. The van der Waals surface area contributed by atoms with Crippen molar-refractivity contribution in [3.63, 3.8) is 0 Å². The molecular formula is C9H11NO9S2. The maximum Gasteiger partial charge on any atom is 0.351 e. The van der Waals surface area contributed by atoms with E-state index in [-0.39, 0.29) is 11.3 Å². The smallest absolute Gasteiger partial charge is 0.351 e. The van der Waals surface area contributed by atoms with Gasteiger partial charge in [0.25, 0.3) is 0 Å². The van der Waals surface area contributed by atoms with Gasteiger partial charge >= 0.3 is 26.6 Å². The zero-order valence-electron chi connectivity index (χ0n) is 10.2. The molecule has 1 aromatic carbocycles. The molecule has 0 heterocycles. The first kappa shape index (κ1) is 17.3. The predicted molar refractivity (Wildman–Crippen MR) is 68.2 cm³/mol. The maximum atomic E-state index is 11.1. The Kier molecular flexibility index (Phi) is 4.91. The minimum Gasteiger partial charge on any atom is -0.508 e. The number of rotatable bonds is 6. The Balaban J connectivity index is 3.27. The molecule has 21 heavy (non-hydrogen) atoms. The van der Waals surface area contributed by atoms with Gasteiger partial charge in [0, 0.05) is 6.42 Å². The van der Waals surface area contributed by atoms with Crippen LogP contribution in [0.4, 0.5) is 0 Å². The number of phenolic OH excluding ortho intramolecular Hbond substituents is 1. The highest BCUT2D eigenvalue weighted by molar-refractivity contribution is 7.98. The van der Waals surface area contributed by atoms with Gasteiger partial charge in [-0.2, -0.15) is 16.8 Å². The summed E-state index contributed by atoms with van der Waals surface area (Å²) in [7, 11) is -11.1. The molecule has 0 amide bonds. The Morgan fingerprint density at radius 1 is 1.05 bits per heavy atom. The number of carboxylic acids is 1. The van der Waals surface area contributed by atoms with Crippen molar-refractivity contribution >= 4 is 26.6 Å². The van der Waals surface area contributed by atoms with Crippen molar-refractivity contribution in [2.75, 3.05) is 0 Å². The summed E-state index contributed by atoms with van der Waals surface area (Å²) < 4.78 is 60.7. The van der Waals surface area contributed by atoms with E-state index in [1.807, 2.05) is 0 Å². The van der Waals surface area contributed by atoms with Crippen LogP contribution in [0.3, 0.4) is 0 Å². The van der Waals surface area contributed by atoms with Crippen LogP contribution >= 0.6 is 0 Å². The average molecular weight is 341 g/mol. The SMILES string of the molecule is O=C(O)C(Cc1ccc(O)cc1)N(S(=O)(=O)O)S(=O)(=O)O. The van der Waals surface area contributed by atoms with Gasteiger partial charge in [0.15, 0.2) is 0 Å². The fraction of sp³-hybridized carbons (Fsp3) is 0.222. The fourth-order valence-electron chi connectivity index (χ4n) is 1.55. The van der Waals surface area contributed by atoms with Crippen LogP contribution in [-0.2, 0) is 31.8 Å². The Hall–Kier alpha value is -1.73. The Morgan fingerprint density at radius 3 is 1.81 bits per heavy atom. The summed E-state index contributed by atoms with van der Waals surface area (Å²) in [5.74, 6) is -2.05. The molecule has 0 saturated heterocycles. The van der Waals surface area contributed by atoms with Crippen molar-refractivity contribution in [1.82, 2.24) is 3.71 Å². The fourth-order valence-corrected chi connectivity index (χ4v) is 3.47. The second-order valence-corrected chi connectivity index (χ2v) is 6.71. The first-order chi connectivity index (χ1) is 9.43. The molecule has 1 aromatic rings. The van der Waals surface area contributed by atoms with Crippen molar-refractivity contribution in [1.29, 1.82) is 0 Å². The van der Waals surface area contributed by atoms with Crippen LogP contribution in [0, 0.1) is 0 Å². The maximum absolute atomic E-state index is 11.1. The van der Waals surface area contributed by atoms with Crippen molar-refractivity contribution in [2.24, 2.45) is 0 Å². The quantitative estimate of drug-likeness (QED) is 0.488. The van der Waals surface area contributed by atoms with Crippen LogP contribution in [0.2, 0.25) is 0 Å². The molecule has 0 saturated carbocycles. The third-order valence-corrected chi connectivity index (χ3v) is 4.91. The van der Waals surface area contributed by atoms with Crippen LogP contribution in [0.5, 0.6) is 5.75 Å². The van der Waals surface area contributed by atoms with Gasteiger partial charge in [-0.1, -0.05) is 12.1 Å².